The molecule has 0 aliphatic carbocycles. The first kappa shape index (κ1) is 24.3. The highest BCUT2D eigenvalue weighted by Gasteiger charge is 2.16. The van der Waals surface area contributed by atoms with Gasteiger partial charge in [-0.05, 0) is 60.0 Å². The summed E-state index contributed by atoms with van der Waals surface area (Å²) in [5.74, 6) is 0. The molecule has 0 atom stereocenters. The predicted octanol–water partition coefficient (Wildman–Crippen LogP) is 12.2. The summed E-state index contributed by atoms with van der Waals surface area (Å²) in [6, 6.07) is 27.6. The maximum absolute atomic E-state index is 3.64. The monoisotopic (exact) mass is 567 g/mol. The molecule has 38 heavy (non-hydrogen) atoms. The average Bonchev–Trinajstić information content (AvgIpc) is 3.70. The SMILES string of the molecule is CCCCCCNc1ccc(-c2cc3c(s2)sc2ccc4c(ccc5cc(-c6ccc(C)cc6)sc54)c23)s1. The van der Waals surface area contributed by atoms with Crippen LogP contribution in [-0.4, -0.2) is 6.54 Å². The van der Waals surface area contributed by atoms with Crippen molar-refractivity contribution in [3.05, 3.63) is 78.4 Å². The van der Waals surface area contributed by atoms with Crippen molar-refractivity contribution >= 4 is 90.7 Å². The maximum atomic E-state index is 3.64. The Kier molecular flexibility index (Phi) is 6.49. The number of fused-ring (bicyclic) bond motifs is 7. The fourth-order valence-electron chi connectivity index (χ4n) is 5.28. The topological polar surface area (TPSA) is 12.0 Å². The van der Waals surface area contributed by atoms with Gasteiger partial charge in [0.15, 0.2) is 0 Å². The fraction of sp³-hybridized carbons (Fsp3) is 0.212. The molecule has 7 aromatic rings. The van der Waals surface area contributed by atoms with Gasteiger partial charge in [0.25, 0.3) is 0 Å². The highest BCUT2D eigenvalue weighted by Crippen LogP contribution is 2.48. The molecule has 0 unspecified atom stereocenters. The summed E-state index contributed by atoms with van der Waals surface area (Å²) >= 11 is 7.69. The van der Waals surface area contributed by atoms with E-state index in [9.17, 15) is 0 Å². The van der Waals surface area contributed by atoms with Gasteiger partial charge in [0, 0.05) is 46.7 Å². The number of aryl methyl sites for hydroxylation is 1. The Morgan fingerprint density at radius 2 is 1.53 bits per heavy atom. The molecular weight excluding hydrogens is 539 g/mol. The van der Waals surface area contributed by atoms with E-state index in [2.05, 4.69) is 92.0 Å². The van der Waals surface area contributed by atoms with Gasteiger partial charge in [-0.1, -0.05) is 74.2 Å². The van der Waals surface area contributed by atoms with Gasteiger partial charge in [0.05, 0.1) is 9.01 Å². The lowest BCUT2D eigenvalue weighted by molar-refractivity contribution is 0.685. The fourth-order valence-corrected chi connectivity index (χ4v) is 10.0. The number of hydrogen-bond acceptors (Lipinski definition) is 5. The third-order valence-corrected chi connectivity index (χ3v) is 12.2. The Labute approximate surface area is 239 Å². The lowest BCUT2D eigenvalue weighted by Crippen LogP contribution is -1.98. The molecule has 1 nitrogen and oxygen atoms in total. The highest BCUT2D eigenvalue weighted by molar-refractivity contribution is 7.43. The molecule has 0 fully saturated rings. The van der Waals surface area contributed by atoms with Crippen molar-refractivity contribution in [3.8, 4) is 20.2 Å². The zero-order valence-electron chi connectivity index (χ0n) is 21.6. The van der Waals surface area contributed by atoms with Crippen LogP contribution in [0.15, 0.2) is 72.8 Å². The number of nitrogens with one attached hydrogen (secondary N) is 1. The maximum Gasteiger partial charge on any atom is 0.0889 e. The van der Waals surface area contributed by atoms with E-state index in [1.54, 1.807) is 0 Å². The number of anilines is 1. The van der Waals surface area contributed by atoms with Gasteiger partial charge in [-0.3, -0.25) is 0 Å². The van der Waals surface area contributed by atoms with Crippen molar-refractivity contribution in [1.29, 1.82) is 0 Å². The minimum Gasteiger partial charge on any atom is -0.377 e. The Morgan fingerprint density at radius 3 is 2.39 bits per heavy atom. The van der Waals surface area contributed by atoms with Gasteiger partial charge in [-0.25, -0.2) is 0 Å². The molecule has 0 radical (unpaired) electrons. The molecule has 3 aromatic carbocycles. The quantitative estimate of drug-likeness (QED) is 0.180. The van der Waals surface area contributed by atoms with Gasteiger partial charge < -0.3 is 5.32 Å². The number of thiophene rings is 4. The summed E-state index contributed by atoms with van der Waals surface area (Å²) < 4.78 is 4.21. The van der Waals surface area contributed by atoms with E-state index in [1.165, 1.54) is 96.8 Å². The predicted molar refractivity (Wildman–Crippen MR) is 176 cm³/mol. The van der Waals surface area contributed by atoms with E-state index in [0.29, 0.717) is 0 Å². The molecule has 4 aromatic heterocycles. The molecule has 4 heterocycles. The van der Waals surface area contributed by atoms with Gasteiger partial charge in [-0.15, -0.1) is 45.3 Å². The van der Waals surface area contributed by atoms with E-state index in [4.69, 9.17) is 0 Å². The normalized spacial score (nSPS) is 11.9. The molecule has 0 spiro atoms. The Bertz CT molecular complexity index is 1890. The van der Waals surface area contributed by atoms with Gasteiger partial charge >= 0.3 is 0 Å². The van der Waals surface area contributed by atoms with Crippen molar-refractivity contribution in [1.82, 2.24) is 0 Å². The molecule has 190 valence electrons. The van der Waals surface area contributed by atoms with Crippen LogP contribution in [0.4, 0.5) is 5.00 Å². The molecule has 0 bridgehead atoms. The summed E-state index contributed by atoms with van der Waals surface area (Å²) in [6.07, 6.45) is 5.18. The van der Waals surface area contributed by atoms with Crippen LogP contribution >= 0.6 is 45.3 Å². The Hall–Kier alpha value is -2.70. The van der Waals surface area contributed by atoms with Crippen LogP contribution in [0.3, 0.4) is 0 Å². The second kappa shape index (κ2) is 10.1. The minimum atomic E-state index is 1.07. The second-order valence-electron chi connectivity index (χ2n) is 10.1. The highest BCUT2D eigenvalue weighted by atomic mass is 32.2. The van der Waals surface area contributed by atoms with Crippen LogP contribution in [0.25, 0.3) is 60.5 Å². The largest absolute Gasteiger partial charge is 0.377 e. The number of rotatable bonds is 8. The first-order valence-corrected chi connectivity index (χ1v) is 16.7. The van der Waals surface area contributed by atoms with E-state index in [0.717, 1.165) is 6.54 Å². The van der Waals surface area contributed by atoms with Crippen molar-refractivity contribution in [2.24, 2.45) is 0 Å². The lowest BCUT2D eigenvalue weighted by Gasteiger charge is -2.02. The molecule has 5 heteroatoms. The molecule has 0 saturated carbocycles. The smallest absolute Gasteiger partial charge is 0.0889 e. The number of benzene rings is 3. The standard InChI is InChI=1S/C33H29NS4/c1-3-4-5-6-17-34-30-16-15-26(35-30)29-19-25-31-23-12-11-22-18-28(21-9-7-20(2)8-10-21)36-32(22)24(23)13-14-27(31)37-33(25)38-29/h7-16,18-19,34H,3-6,17H2,1-2H3. The average molecular weight is 568 g/mol. The van der Waals surface area contributed by atoms with Crippen molar-refractivity contribution < 1.29 is 0 Å². The summed E-state index contributed by atoms with van der Waals surface area (Å²) in [7, 11) is 0. The van der Waals surface area contributed by atoms with Crippen LogP contribution in [-0.2, 0) is 0 Å². The third-order valence-electron chi connectivity index (χ3n) is 7.33. The van der Waals surface area contributed by atoms with Crippen LogP contribution < -0.4 is 5.32 Å². The zero-order chi connectivity index (χ0) is 25.6. The zero-order valence-corrected chi connectivity index (χ0v) is 24.9. The van der Waals surface area contributed by atoms with Gasteiger partial charge in [0.1, 0.15) is 0 Å². The summed E-state index contributed by atoms with van der Waals surface area (Å²) in [5, 5.41) is 11.8. The Balaban J connectivity index is 1.26. The van der Waals surface area contributed by atoms with E-state index >= 15 is 0 Å². The van der Waals surface area contributed by atoms with E-state index in [-0.39, 0.29) is 0 Å². The summed E-state index contributed by atoms with van der Waals surface area (Å²) in [5.41, 5.74) is 2.61. The molecule has 0 aliphatic heterocycles. The third kappa shape index (κ3) is 4.36. The lowest BCUT2D eigenvalue weighted by atomic mass is 10.0. The molecule has 0 saturated heterocycles. The van der Waals surface area contributed by atoms with Gasteiger partial charge in [-0.2, -0.15) is 0 Å². The molecule has 1 N–H and O–H groups in total. The van der Waals surface area contributed by atoms with Crippen molar-refractivity contribution in [3.63, 3.8) is 0 Å². The molecule has 7 rings (SSSR count). The summed E-state index contributed by atoms with van der Waals surface area (Å²) in [4.78, 5) is 4.09. The van der Waals surface area contributed by atoms with Crippen LogP contribution in [0.1, 0.15) is 38.2 Å². The van der Waals surface area contributed by atoms with Crippen LogP contribution in [0.5, 0.6) is 0 Å². The Morgan fingerprint density at radius 1 is 0.658 bits per heavy atom. The van der Waals surface area contributed by atoms with Crippen LogP contribution in [0, 0.1) is 6.92 Å². The van der Waals surface area contributed by atoms with Crippen LogP contribution in [0.2, 0.25) is 0 Å². The van der Waals surface area contributed by atoms with Crippen molar-refractivity contribution in [2.75, 3.05) is 11.9 Å². The number of unbranched alkanes of at least 4 members (excludes halogenated alkanes) is 3. The van der Waals surface area contributed by atoms with E-state index < -0.39 is 0 Å². The first-order chi connectivity index (χ1) is 18.7. The molecule has 0 aliphatic rings. The second-order valence-corrected chi connectivity index (χ2v) is 14.6. The number of hydrogen-bond donors (Lipinski definition) is 1. The molecular formula is C33H29NS4. The first-order valence-electron chi connectivity index (χ1n) is 13.4. The minimum absolute atomic E-state index is 1.07. The van der Waals surface area contributed by atoms with E-state index in [1.807, 2.05) is 45.3 Å². The van der Waals surface area contributed by atoms with Crippen molar-refractivity contribution in [2.45, 2.75) is 39.5 Å². The van der Waals surface area contributed by atoms with Gasteiger partial charge in [0.2, 0.25) is 0 Å². The summed E-state index contributed by atoms with van der Waals surface area (Å²) in [6.45, 7) is 5.48. The molecule has 0 amide bonds.